The molecule has 26 heavy (non-hydrogen) atoms. The second kappa shape index (κ2) is 7.91. The molecule has 9 nitrogen and oxygen atoms in total. The standard InChI is InChI=1S/C15H24N4O5S2/c1-4-16-15(20)12-9-10-19(11-12)25(21,22)14-7-5-13(6-8-14)17-26(23,24)18(2)3/h5-8,12,17H,4,9-11H2,1-3H3,(H,16,20). The fourth-order valence-corrected chi connectivity index (χ4v) is 4.68. The van der Waals surface area contributed by atoms with Gasteiger partial charge in [0.05, 0.1) is 10.8 Å². The summed E-state index contributed by atoms with van der Waals surface area (Å²) in [5.74, 6) is -0.491. The number of nitrogens with zero attached hydrogens (tertiary/aromatic N) is 2. The maximum atomic E-state index is 12.7. The third-order valence-corrected chi connectivity index (χ3v) is 7.43. The third kappa shape index (κ3) is 4.53. The number of hydrogen-bond donors (Lipinski definition) is 2. The smallest absolute Gasteiger partial charge is 0.301 e. The van der Waals surface area contributed by atoms with Crippen molar-refractivity contribution in [1.29, 1.82) is 0 Å². The van der Waals surface area contributed by atoms with Gasteiger partial charge in [-0.15, -0.1) is 0 Å². The maximum Gasteiger partial charge on any atom is 0.301 e. The Kier molecular flexibility index (Phi) is 6.27. The molecule has 0 spiro atoms. The van der Waals surface area contributed by atoms with E-state index in [0.29, 0.717) is 13.0 Å². The van der Waals surface area contributed by atoms with Crippen LogP contribution in [0.5, 0.6) is 0 Å². The van der Waals surface area contributed by atoms with Gasteiger partial charge in [-0.2, -0.15) is 17.0 Å². The number of benzene rings is 1. The van der Waals surface area contributed by atoms with Gasteiger partial charge in [-0.3, -0.25) is 9.52 Å². The molecule has 0 aromatic heterocycles. The number of nitrogens with one attached hydrogen (secondary N) is 2. The molecule has 1 heterocycles. The lowest BCUT2D eigenvalue weighted by molar-refractivity contribution is -0.124. The van der Waals surface area contributed by atoms with Gasteiger partial charge in [0.1, 0.15) is 0 Å². The summed E-state index contributed by atoms with van der Waals surface area (Å²) in [5.41, 5.74) is 0.263. The zero-order chi connectivity index (χ0) is 19.5. The summed E-state index contributed by atoms with van der Waals surface area (Å²) in [7, 11) is -4.61. The highest BCUT2D eigenvalue weighted by Gasteiger charge is 2.35. The molecular weight excluding hydrogens is 380 g/mol. The normalized spacial score (nSPS) is 18.8. The lowest BCUT2D eigenvalue weighted by Gasteiger charge is -2.17. The summed E-state index contributed by atoms with van der Waals surface area (Å²) in [4.78, 5) is 11.9. The molecular formula is C15H24N4O5S2. The van der Waals surface area contributed by atoms with Crippen LogP contribution >= 0.6 is 0 Å². The zero-order valence-corrected chi connectivity index (χ0v) is 16.6. The zero-order valence-electron chi connectivity index (χ0n) is 15.0. The van der Waals surface area contributed by atoms with E-state index in [1.54, 1.807) is 0 Å². The van der Waals surface area contributed by atoms with Crippen molar-refractivity contribution >= 4 is 31.8 Å². The van der Waals surface area contributed by atoms with Gasteiger partial charge in [-0.05, 0) is 37.6 Å². The molecule has 1 aromatic rings. The van der Waals surface area contributed by atoms with Gasteiger partial charge in [0, 0.05) is 39.4 Å². The van der Waals surface area contributed by atoms with Crippen LogP contribution in [0.2, 0.25) is 0 Å². The van der Waals surface area contributed by atoms with E-state index in [1.165, 1.54) is 42.7 Å². The van der Waals surface area contributed by atoms with Crippen LogP contribution in [0.3, 0.4) is 0 Å². The van der Waals surface area contributed by atoms with Gasteiger partial charge in [0.2, 0.25) is 15.9 Å². The molecule has 1 aromatic carbocycles. The molecule has 1 aliphatic rings. The Bertz CT molecular complexity index is 851. The van der Waals surface area contributed by atoms with Gasteiger partial charge in [0.15, 0.2) is 0 Å². The number of carbonyl (C=O) groups excluding carboxylic acids is 1. The van der Waals surface area contributed by atoms with Crippen LogP contribution in [0.4, 0.5) is 5.69 Å². The number of carbonyl (C=O) groups is 1. The molecule has 1 atom stereocenters. The second-order valence-corrected chi connectivity index (χ2v) is 9.98. The average molecular weight is 405 g/mol. The molecule has 1 unspecified atom stereocenters. The SMILES string of the molecule is CCNC(=O)C1CCN(S(=O)(=O)c2ccc(NS(=O)(=O)N(C)C)cc2)C1. The van der Waals surface area contributed by atoms with E-state index in [4.69, 9.17) is 0 Å². The lowest BCUT2D eigenvalue weighted by atomic mass is 10.1. The summed E-state index contributed by atoms with van der Waals surface area (Å²) in [6.07, 6.45) is 0.478. The topological polar surface area (TPSA) is 116 Å². The minimum atomic E-state index is -3.73. The molecule has 11 heteroatoms. The van der Waals surface area contributed by atoms with Crippen LogP contribution < -0.4 is 10.0 Å². The Morgan fingerprint density at radius 2 is 1.81 bits per heavy atom. The first-order valence-corrected chi connectivity index (χ1v) is 11.0. The van der Waals surface area contributed by atoms with Crippen molar-refractivity contribution in [2.75, 3.05) is 38.5 Å². The Morgan fingerprint density at radius 1 is 1.19 bits per heavy atom. The Balaban J connectivity index is 2.12. The van der Waals surface area contributed by atoms with E-state index in [2.05, 4.69) is 10.0 Å². The predicted octanol–water partition coefficient (Wildman–Crippen LogP) is 0.0516. The van der Waals surface area contributed by atoms with E-state index in [9.17, 15) is 21.6 Å². The number of hydrogen-bond acceptors (Lipinski definition) is 5. The summed E-state index contributed by atoms with van der Waals surface area (Å²) < 4.78 is 53.7. The molecule has 0 saturated carbocycles. The highest BCUT2D eigenvalue weighted by atomic mass is 32.2. The first-order valence-electron chi connectivity index (χ1n) is 8.16. The van der Waals surface area contributed by atoms with Crippen LogP contribution in [0, 0.1) is 5.92 Å². The molecule has 2 rings (SSSR count). The van der Waals surface area contributed by atoms with E-state index in [1.807, 2.05) is 6.92 Å². The van der Waals surface area contributed by atoms with Crippen molar-refractivity contribution in [2.24, 2.45) is 5.92 Å². The van der Waals surface area contributed by atoms with E-state index < -0.39 is 20.2 Å². The van der Waals surface area contributed by atoms with Gasteiger partial charge >= 0.3 is 10.2 Å². The Morgan fingerprint density at radius 3 is 2.35 bits per heavy atom. The molecule has 1 amide bonds. The quantitative estimate of drug-likeness (QED) is 0.666. The minimum Gasteiger partial charge on any atom is -0.356 e. The number of anilines is 1. The maximum absolute atomic E-state index is 12.7. The van der Waals surface area contributed by atoms with Gasteiger partial charge in [0.25, 0.3) is 0 Å². The van der Waals surface area contributed by atoms with Gasteiger partial charge in [-0.1, -0.05) is 0 Å². The van der Waals surface area contributed by atoms with Crippen LogP contribution in [0.25, 0.3) is 0 Å². The van der Waals surface area contributed by atoms with Crippen molar-refractivity contribution in [1.82, 2.24) is 13.9 Å². The summed E-state index contributed by atoms with van der Waals surface area (Å²) in [6.45, 7) is 2.74. The van der Waals surface area contributed by atoms with Crippen LogP contribution in [-0.2, 0) is 25.0 Å². The Labute approximate surface area is 154 Å². The first kappa shape index (κ1) is 20.6. The van der Waals surface area contributed by atoms with E-state index >= 15 is 0 Å². The molecule has 1 fully saturated rings. The van der Waals surface area contributed by atoms with Crippen molar-refractivity contribution in [3.63, 3.8) is 0 Å². The Hall–Kier alpha value is -1.69. The van der Waals surface area contributed by atoms with Crippen LogP contribution in [0.15, 0.2) is 29.2 Å². The van der Waals surface area contributed by atoms with Crippen molar-refractivity contribution in [3.05, 3.63) is 24.3 Å². The molecule has 1 saturated heterocycles. The molecule has 146 valence electrons. The fourth-order valence-electron chi connectivity index (χ4n) is 2.56. The third-order valence-electron chi connectivity index (χ3n) is 4.09. The molecule has 2 N–H and O–H groups in total. The molecule has 1 aliphatic heterocycles. The van der Waals surface area contributed by atoms with Crippen molar-refractivity contribution in [2.45, 2.75) is 18.2 Å². The monoisotopic (exact) mass is 404 g/mol. The van der Waals surface area contributed by atoms with Crippen molar-refractivity contribution < 1.29 is 21.6 Å². The molecule has 0 radical (unpaired) electrons. The molecule has 0 aliphatic carbocycles. The minimum absolute atomic E-state index is 0.0573. The number of amides is 1. The average Bonchev–Trinajstić information content (AvgIpc) is 3.06. The predicted molar refractivity (Wildman–Crippen MR) is 98.2 cm³/mol. The largest absolute Gasteiger partial charge is 0.356 e. The summed E-state index contributed by atoms with van der Waals surface area (Å²) in [5, 5.41) is 2.71. The highest BCUT2D eigenvalue weighted by molar-refractivity contribution is 7.90. The van der Waals surface area contributed by atoms with E-state index in [-0.39, 0.29) is 35.5 Å². The second-order valence-electron chi connectivity index (χ2n) is 6.16. The summed E-state index contributed by atoms with van der Waals surface area (Å²) in [6, 6.07) is 5.49. The van der Waals surface area contributed by atoms with E-state index in [0.717, 1.165) is 4.31 Å². The number of rotatable bonds is 7. The number of sulfonamides is 1. The van der Waals surface area contributed by atoms with Gasteiger partial charge in [-0.25, -0.2) is 8.42 Å². The first-order chi connectivity index (χ1) is 12.1. The van der Waals surface area contributed by atoms with Gasteiger partial charge < -0.3 is 5.32 Å². The molecule has 0 bridgehead atoms. The van der Waals surface area contributed by atoms with Crippen LogP contribution in [0.1, 0.15) is 13.3 Å². The van der Waals surface area contributed by atoms with Crippen molar-refractivity contribution in [3.8, 4) is 0 Å². The highest BCUT2D eigenvalue weighted by Crippen LogP contribution is 2.25. The lowest BCUT2D eigenvalue weighted by Crippen LogP contribution is -2.34. The summed E-state index contributed by atoms with van der Waals surface area (Å²) >= 11 is 0. The van der Waals surface area contributed by atoms with Crippen LogP contribution in [-0.4, -0.2) is 65.1 Å². The fraction of sp³-hybridized carbons (Fsp3) is 0.533.